The number of amides is 1. The smallest absolute Gasteiger partial charge is 0.270 e. The van der Waals surface area contributed by atoms with Crippen LogP contribution in [0.1, 0.15) is 33.4 Å². The summed E-state index contributed by atoms with van der Waals surface area (Å²) in [6.45, 7) is 0.954. The van der Waals surface area contributed by atoms with Gasteiger partial charge < -0.3 is 20.0 Å². The first-order valence-corrected chi connectivity index (χ1v) is 8.73. The molecule has 1 atom stereocenters. The van der Waals surface area contributed by atoms with Crippen molar-refractivity contribution in [3.05, 3.63) is 77.6 Å². The van der Waals surface area contributed by atoms with Crippen LogP contribution in [0, 0.1) is 0 Å². The van der Waals surface area contributed by atoms with Crippen molar-refractivity contribution in [1.82, 2.24) is 24.8 Å². The molecule has 1 aliphatic heterocycles. The van der Waals surface area contributed by atoms with Crippen LogP contribution in [0.3, 0.4) is 0 Å². The van der Waals surface area contributed by atoms with E-state index in [9.17, 15) is 9.90 Å². The van der Waals surface area contributed by atoms with Gasteiger partial charge in [-0.25, -0.2) is 9.97 Å². The first kappa shape index (κ1) is 15.6. The second-order valence-corrected chi connectivity index (χ2v) is 6.72. The molecule has 1 amide bonds. The third-order valence-electron chi connectivity index (χ3n) is 5.02. The van der Waals surface area contributed by atoms with E-state index in [1.54, 1.807) is 35.6 Å². The summed E-state index contributed by atoms with van der Waals surface area (Å²) in [5.74, 6) is 0.0201. The Kier molecular flexibility index (Phi) is 3.46. The van der Waals surface area contributed by atoms with Crippen molar-refractivity contribution in [3.63, 3.8) is 0 Å². The third kappa shape index (κ3) is 2.64. The fraction of sp³-hybridized carbons (Fsp3) is 0.150. The fourth-order valence-corrected chi connectivity index (χ4v) is 3.72. The number of hydrogen-bond donors (Lipinski definition) is 3. The number of aromatic amines is 2. The van der Waals surface area contributed by atoms with Crippen LogP contribution < -0.4 is 0 Å². The molecule has 3 N–H and O–H groups in total. The molecule has 27 heavy (non-hydrogen) atoms. The summed E-state index contributed by atoms with van der Waals surface area (Å²) in [6, 6.07) is 12.7. The van der Waals surface area contributed by atoms with Gasteiger partial charge in [-0.3, -0.25) is 4.79 Å². The Balaban J connectivity index is 1.51. The number of fused-ring (bicyclic) bond motifs is 2. The molecule has 7 nitrogen and oxygen atoms in total. The number of hydrogen-bond acceptors (Lipinski definition) is 4. The number of nitrogens with one attached hydrogen (secondary N) is 2. The van der Waals surface area contributed by atoms with Gasteiger partial charge in [-0.2, -0.15) is 0 Å². The van der Waals surface area contributed by atoms with Crippen LogP contribution in [0.2, 0.25) is 0 Å². The van der Waals surface area contributed by atoms with Crippen LogP contribution in [0.15, 0.2) is 55.0 Å². The van der Waals surface area contributed by atoms with E-state index in [0.717, 1.165) is 22.3 Å². The van der Waals surface area contributed by atoms with Crippen molar-refractivity contribution in [2.75, 3.05) is 6.54 Å². The van der Waals surface area contributed by atoms with Crippen LogP contribution in [-0.4, -0.2) is 42.4 Å². The molecule has 0 radical (unpaired) electrons. The van der Waals surface area contributed by atoms with Gasteiger partial charge in [0.15, 0.2) is 0 Å². The van der Waals surface area contributed by atoms with Gasteiger partial charge in [0.05, 0.1) is 24.3 Å². The van der Waals surface area contributed by atoms with Gasteiger partial charge in [-0.05, 0) is 35.9 Å². The molecule has 4 heterocycles. The number of rotatable bonds is 2. The average Bonchev–Trinajstić information content (AvgIpc) is 3.33. The molecule has 7 heteroatoms. The van der Waals surface area contributed by atoms with Crippen molar-refractivity contribution in [1.29, 1.82) is 0 Å². The zero-order valence-corrected chi connectivity index (χ0v) is 14.4. The molecule has 4 aromatic rings. The Bertz CT molecular complexity index is 1110. The minimum absolute atomic E-state index is 0.0848. The van der Waals surface area contributed by atoms with E-state index < -0.39 is 0 Å². The predicted octanol–water partition coefficient (Wildman–Crippen LogP) is 2.78. The molecule has 0 saturated carbocycles. The van der Waals surface area contributed by atoms with E-state index in [-0.39, 0.29) is 17.6 Å². The third-order valence-corrected chi connectivity index (χ3v) is 5.02. The zero-order chi connectivity index (χ0) is 18.4. The fourth-order valence-electron chi connectivity index (χ4n) is 3.72. The minimum Gasteiger partial charge on any atom is -0.508 e. The summed E-state index contributed by atoms with van der Waals surface area (Å²) in [5, 5.41) is 10.8. The molecule has 0 fully saturated rings. The first-order chi connectivity index (χ1) is 13.2. The number of phenolic OH excluding ortho intramolecular Hbond substituents is 1. The number of pyridine rings is 1. The van der Waals surface area contributed by atoms with Crippen molar-refractivity contribution in [3.8, 4) is 5.75 Å². The highest BCUT2D eigenvalue weighted by atomic mass is 16.3. The molecule has 134 valence electrons. The maximum absolute atomic E-state index is 13.1. The van der Waals surface area contributed by atoms with Crippen LogP contribution in [0.5, 0.6) is 5.75 Å². The monoisotopic (exact) mass is 359 g/mol. The standard InChI is InChI=1S/C20H17N5O2/c26-14-5-1-3-12(7-14)15-9-25(10-17-18(15)23-11-22-17)20(27)16-8-13-4-2-6-21-19(13)24-16/h1-8,11,15,26H,9-10H2,(H,21,24)(H,22,23). The second-order valence-electron chi connectivity index (χ2n) is 6.72. The summed E-state index contributed by atoms with van der Waals surface area (Å²) in [4.78, 5) is 29.9. The number of carbonyl (C=O) groups excluding carboxylic acids is 1. The Morgan fingerprint density at radius 1 is 1.19 bits per heavy atom. The summed E-state index contributed by atoms with van der Waals surface area (Å²) in [5.41, 5.74) is 3.98. The number of H-pyrrole nitrogens is 2. The van der Waals surface area contributed by atoms with Crippen LogP contribution in [0.25, 0.3) is 11.0 Å². The maximum Gasteiger partial charge on any atom is 0.270 e. The summed E-state index contributed by atoms with van der Waals surface area (Å²) >= 11 is 0. The highest BCUT2D eigenvalue weighted by molar-refractivity contribution is 5.97. The van der Waals surface area contributed by atoms with Gasteiger partial charge in [0.2, 0.25) is 0 Å². The van der Waals surface area contributed by atoms with E-state index >= 15 is 0 Å². The normalized spacial score (nSPS) is 16.4. The lowest BCUT2D eigenvalue weighted by molar-refractivity contribution is 0.0717. The first-order valence-electron chi connectivity index (χ1n) is 8.73. The lowest BCUT2D eigenvalue weighted by Crippen LogP contribution is -2.38. The maximum atomic E-state index is 13.1. The molecule has 1 aliphatic rings. The zero-order valence-electron chi connectivity index (χ0n) is 14.4. The summed E-state index contributed by atoms with van der Waals surface area (Å²) in [7, 11) is 0. The second kappa shape index (κ2) is 5.98. The molecular formula is C20H17N5O2. The quantitative estimate of drug-likeness (QED) is 0.513. The Morgan fingerprint density at radius 2 is 2.11 bits per heavy atom. The van der Waals surface area contributed by atoms with E-state index in [4.69, 9.17) is 0 Å². The topological polar surface area (TPSA) is 97.9 Å². The van der Waals surface area contributed by atoms with Crippen LogP contribution in [0.4, 0.5) is 0 Å². The highest BCUT2D eigenvalue weighted by Gasteiger charge is 2.32. The largest absolute Gasteiger partial charge is 0.508 e. The molecule has 1 unspecified atom stereocenters. The number of phenols is 1. The van der Waals surface area contributed by atoms with E-state index in [2.05, 4.69) is 19.9 Å². The van der Waals surface area contributed by atoms with Crippen molar-refractivity contribution < 1.29 is 9.90 Å². The molecule has 3 aromatic heterocycles. The van der Waals surface area contributed by atoms with Gasteiger partial charge >= 0.3 is 0 Å². The number of carbonyl (C=O) groups is 1. The minimum atomic E-state index is -0.0986. The van der Waals surface area contributed by atoms with Gasteiger partial charge in [0.25, 0.3) is 5.91 Å². The van der Waals surface area contributed by atoms with Gasteiger partial charge in [-0.1, -0.05) is 12.1 Å². The van der Waals surface area contributed by atoms with E-state index in [0.29, 0.717) is 24.4 Å². The Morgan fingerprint density at radius 3 is 2.96 bits per heavy atom. The molecule has 0 saturated heterocycles. The molecule has 5 rings (SSSR count). The predicted molar refractivity (Wildman–Crippen MR) is 99.4 cm³/mol. The highest BCUT2D eigenvalue weighted by Crippen LogP contribution is 2.33. The van der Waals surface area contributed by atoms with E-state index in [1.807, 2.05) is 24.3 Å². The number of imidazole rings is 1. The summed E-state index contributed by atoms with van der Waals surface area (Å²) < 4.78 is 0. The van der Waals surface area contributed by atoms with Crippen LogP contribution in [-0.2, 0) is 6.54 Å². The number of aromatic nitrogens is 4. The Labute approximate surface area is 154 Å². The van der Waals surface area contributed by atoms with Gasteiger partial charge in [0.1, 0.15) is 17.1 Å². The average molecular weight is 359 g/mol. The van der Waals surface area contributed by atoms with Crippen molar-refractivity contribution in [2.45, 2.75) is 12.5 Å². The molecule has 0 spiro atoms. The van der Waals surface area contributed by atoms with Gasteiger partial charge in [0, 0.05) is 24.0 Å². The number of aromatic hydroxyl groups is 1. The SMILES string of the molecule is O=C(c1cc2cccnc2[nH]1)N1Cc2[nH]cnc2C(c2cccc(O)c2)C1. The molecule has 0 aliphatic carbocycles. The lowest BCUT2D eigenvalue weighted by Gasteiger charge is -2.32. The van der Waals surface area contributed by atoms with Gasteiger partial charge in [-0.15, -0.1) is 0 Å². The Hall–Kier alpha value is -3.61. The van der Waals surface area contributed by atoms with Crippen molar-refractivity contribution >= 4 is 16.9 Å². The molecular weight excluding hydrogens is 342 g/mol. The molecule has 0 bridgehead atoms. The van der Waals surface area contributed by atoms with Crippen molar-refractivity contribution in [2.24, 2.45) is 0 Å². The van der Waals surface area contributed by atoms with E-state index in [1.165, 1.54) is 0 Å². The number of nitrogens with zero attached hydrogens (tertiary/aromatic N) is 3. The molecule has 1 aromatic carbocycles. The number of benzene rings is 1. The lowest BCUT2D eigenvalue weighted by atomic mass is 9.90. The summed E-state index contributed by atoms with van der Waals surface area (Å²) in [6.07, 6.45) is 3.35. The van der Waals surface area contributed by atoms with Crippen LogP contribution >= 0.6 is 0 Å².